The second-order valence-electron chi connectivity index (χ2n) is 4.31. The van der Waals surface area contributed by atoms with Crippen LogP contribution in [0.1, 0.15) is 11.1 Å². The van der Waals surface area contributed by atoms with Crippen molar-refractivity contribution in [1.82, 2.24) is 0 Å². The predicted molar refractivity (Wildman–Crippen MR) is 64.7 cm³/mol. The Balaban J connectivity index is 3.19. The Bertz CT molecular complexity index is 472. The lowest BCUT2D eigenvalue weighted by Gasteiger charge is -2.27. The average molecular weight is 316 g/mol. The number of hydrogen-bond donors (Lipinski definition) is 2. The fraction of sp³-hybridized carbons (Fsp3) is 0.500. The van der Waals surface area contributed by atoms with Gasteiger partial charge in [0.05, 0.1) is 12.2 Å². The van der Waals surface area contributed by atoms with Crippen LogP contribution in [0.5, 0.6) is 0 Å². The molecule has 0 unspecified atom stereocenters. The highest BCUT2D eigenvalue weighted by Crippen LogP contribution is 2.33. The monoisotopic (exact) mass is 316 g/mol. The molecule has 0 radical (unpaired) electrons. The summed E-state index contributed by atoms with van der Waals surface area (Å²) in [4.78, 5) is 0.752. The number of aliphatic hydroxyl groups is 1. The summed E-state index contributed by atoms with van der Waals surface area (Å²) in [7, 11) is 0. The second-order valence-corrected chi connectivity index (χ2v) is 4.31. The summed E-state index contributed by atoms with van der Waals surface area (Å²) in [5, 5.41) is 8.82. The van der Waals surface area contributed by atoms with Crippen LogP contribution in [0.25, 0.3) is 0 Å². The van der Waals surface area contributed by atoms with Crippen molar-refractivity contribution in [2.75, 3.05) is 24.6 Å². The molecule has 1 aromatic carbocycles. The Morgan fingerprint density at radius 3 is 2.14 bits per heavy atom. The summed E-state index contributed by atoms with van der Waals surface area (Å²) >= 11 is 0. The van der Waals surface area contributed by atoms with Crippen LogP contribution in [0.3, 0.4) is 0 Å². The third-order valence-electron chi connectivity index (χ3n) is 2.71. The highest BCUT2D eigenvalue weighted by atomic mass is 19.4. The molecule has 0 spiro atoms. The van der Waals surface area contributed by atoms with Crippen molar-refractivity contribution in [3.05, 3.63) is 29.3 Å². The molecular formula is C12H14F6N2O. The number of rotatable bonds is 5. The van der Waals surface area contributed by atoms with Crippen LogP contribution in [0.15, 0.2) is 18.2 Å². The molecule has 3 nitrogen and oxygen atoms in total. The van der Waals surface area contributed by atoms with E-state index in [2.05, 4.69) is 0 Å². The minimum Gasteiger partial charge on any atom is -0.395 e. The highest BCUT2D eigenvalue weighted by Gasteiger charge is 2.33. The summed E-state index contributed by atoms with van der Waals surface area (Å²) in [5.74, 6) is 0. The molecule has 0 heterocycles. The van der Waals surface area contributed by atoms with Crippen LogP contribution < -0.4 is 10.6 Å². The molecule has 0 saturated carbocycles. The van der Waals surface area contributed by atoms with E-state index >= 15 is 0 Å². The predicted octanol–water partition coefficient (Wildman–Crippen LogP) is 2.53. The summed E-state index contributed by atoms with van der Waals surface area (Å²) in [5.41, 5.74) is 4.20. The van der Waals surface area contributed by atoms with E-state index in [0.717, 1.165) is 17.0 Å². The number of hydrogen-bond acceptors (Lipinski definition) is 3. The van der Waals surface area contributed by atoms with Crippen LogP contribution in [-0.2, 0) is 12.7 Å². The molecule has 0 amide bonds. The minimum absolute atomic E-state index is 0.0671. The largest absolute Gasteiger partial charge is 0.416 e. The summed E-state index contributed by atoms with van der Waals surface area (Å²) in [6.45, 7) is -2.66. The van der Waals surface area contributed by atoms with Crippen molar-refractivity contribution < 1.29 is 31.4 Å². The van der Waals surface area contributed by atoms with Crippen LogP contribution in [0.2, 0.25) is 0 Å². The van der Waals surface area contributed by atoms with Gasteiger partial charge in [-0.3, -0.25) is 0 Å². The van der Waals surface area contributed by atoms with E-state index in [0.29, 0.717) is 6.07 Å². The lowest BCUT2D eigenvalue weighted by atomic mass is 10.1. The van der Waals surface area contributed by atoms with E-state index < -0.39 is 31.1 Å². The first-order valence-electron chi connectivity index (χ1n) is 5.91. The average Bonchev–Trinajstić information content (AvgIpc) is 2.35. The molecular weight excluding hydrogens is 302 g/mol. The number of nitrogens with two attached hydrogens (primary N) is 1. The SMILES string of the molecule is NCc1cc(C(F)(F)F)ccc1N(CCO)CC(F)(F)F. The first kappa shape index (κ1) is 17.6. The van der Waals surface area contributed by atoms with E-state index in [9.17, 15) is 26.3 Å². The third kappa shape index (κ3) is 5.09. The Hall–Kier alpha value is -1.48. The van der Waals surface area contributed by atoms with Gasteiger partial charge >= 0.3 is 12.4 Å². The van der Waals surface area contributed by atoms with Gasteiger partial charge in [0.15, 0.2) is 0 Å². The molecule has 0 atom stereocenters. The Morgan fingerprint density at radius 2 is 1.71 bits per heavy atom. The van der Waals surface area contributed by atoms with Gasteiger partial charge in [-0.1, -0.05) is 0 Å². The van der Waals surface area contributed by atoms with Gasteiger partial charge in [0.25, 0.3) is 0 Å². The lowest BCUT2D eigenvalue weighted by Crippen LogP contribution is -2.37. The zero-order chi connectivity index (χ0) is 16.3. The fourth-order valence-electron chi connectivity index (χ4n) is 1.86. The summed E-state index contributed by atoms with van der Waals surface area (Å²) in [6.07, 6.45) is -9.15. The maximum atomic E-state index is 12.6. The number of nitrogens with zero attached hydrogens (tertiary/aromatic N) is 1. The quantitative estimate of drug-likeness (QED) is 0.821. The topological polar surface area (TPSA) is 49.5 Å². The number of alkyl halides is 6. The van der Waals surface area contributed by atoms with Gasteiger partial charge in [-0.05, 0) is 23.8 Å². The van der Waals surface area contributed by atoms with Crippen molar-refractivity contribution in [3.63, 3.8) is 0 Å². The van der Waals surface area contributed by atoms with Crippen LogP contribution in [0.4, 0.5) is 32.0 Å². The van der Waals surface area contributed by atoms with E-state index in [1.165, 1.54) is 0 Å². The highest BCUT2D eigenvalue weighted by molar-refractivity contribution is 5.55. The van der Waals surface area contributed by atoms with E-state index in [1.54, 1.807) is 0 Å². The standard InChI is InChI=1S/C12H14F6N2O/c13-11(14,15)7-20(3-4-21)10-2-1-9(12(16,17)18)5-8(10)6-19/h1-2,5,21H,3-4,6-7,19H2. The minimum atomic E-state index is -4.60. The number of anilines is 1. The Labute approximate surface area is 117 Å². The van der Waals surface area contributed by atoms with Crippen molar-refractivity contribution in [1.29, 1.82) is 0 Å². The van der Waals surface area contributed by atoms with Gasteiger partial charge in [-0.25, -0.2) is 0 Å². The van der Waals surface area contributed by atoms with Crippen molar-refractivity contribution in [2.24, 2.45) is 5.73 Å². The molecule has 21 heavy (non-hydrogen) atoms. The normalized spacial score (nSPS) is 12.6. The van der Waals surface area contributed by atoms with Crippen molar-refractivity contribution >= 4 is 5.69 Å². The van der Waals surface area contributed by atoms with Gasteiger partial charge in [0, 0.05) is 18.8 Å². The zero-order valence-corrected chi connectivity index (χ0v) is 10.8. The smallest absolute Gasteiger partial charge is 0.395 e. The maximum absolute atomic E-state index is 12.6. The molecule has 0 saturated heterocycles. The molecule has 0 aromatic heterocycles. The first-order valence-corrected chi connectivity index (χ1v) is 5.91. The van der Waals surface area contributed by atoms with Gasteiger partial charge < -0.3 is 15.7 Å². The number of benzene rings is 1. The molecule has 0 aliphatic carbocycles. The van der Waals surface area contributed by atoms with Crippen molar-refractivity contribution in [2.45, 2.75) is 18.9 Å². The molecule has 0 aliphatic heterocycles. The fourth-order valence-corrected chi connectivity index (χ4v) is 1.86. The lowest BCUT2D eigenvalue weighted by molar-refractivity contribution is -0.137. The number of halogens is 6. The maximum Gasteiger partial charge on any atom is 0.416 e. The van der Waals surface area contributed by atoms with Gasteiger partial charge in [-0.2, -0.15) is 26.3 Å². The van der Waals surface area contributed by atoms with E-state index in [-0.39, 0.29) is 24.3 Å². The zero-order valence-electron chi connectivity index (χ0n) is 10.8. The van der Waals surface area contributed by atoms with Crippen LogP contribution in [-0.4, -0.2) is 31.0 Å². The van der Waals surface area contributed by atoms with E-state index in [4.69, 9.17) is 10.8 Å². The molecule has 0 bridgehead atoms. The first-order chi connectivity index (χ1) is 9.58. The third-order valence-corrected chi connectivity index (χ3v) is 2.71. The Kier molecular flexibility index (Phi) is 5.46. The molecule has 120 valence electrons. The van der Waals surface area contributed by atoms with Gasteiger partial charge in [0.1, 0.15) is 6.54 Å². The summed E-state index contributed by atoms with van der Waals surface area (Å²) < 4.78 is 75.2. The molecule has 9 heteroatoms. The van der Waals surface area contributed by atoms with Crippen LogP contribution >= 0.6 is 0 Å². The molecule has 0 aliphatic rings. The summed E-state index contributed by atoms with van der Waals surface area (Å²) in [6, 6.07) is 2.34. The van der Waals surface area contributed by atoms with Gasteiger partial charge in [-0.15, -0.1) is 0 Å². The van der Waals surface area contributed by atoms with E-state index in [1.807, 2.05) is 0 Å². The van der Waals surface area contributed by atoms with Crippen LogP contribution in [0, 0.1) is 0 Å². The molecule has 3 N–H and O–H groups in total. The molecule has 1 rings (SSSR count). The Morgan fingerprint density at radius 1 is 1.10 bits per heavy atom. The second kappa shape index (κ2) is 6.52. The molecule has 1 aromatic rings. The van der Waals surface area contributed by atoms with Crippen molar-refractivity contribution in [3.8, 4) is 0 Å². The van der Waals surface area contributed by atoms with Gasteiger partial charge in [0.2, 0.25) is 0 Å². The number of aliphatic hydroxyl groups excluding tert-OH is 1. The molecule has 0 fully saturated rings.